The summed E-state index contributed by atoms with van der Waals surface area (Å²) in [4.78, 5) is 15.9. The van der Waals surface area contributed by atoms with Crippen LogP contribution in [0.5, 0.6) is 0 Å². The average molecular weight is 268 g/mol. The molecule has 0 spiro atoms. The Morgan fingerprint density at radius 2 is 2.15 bits per heavy atom. The van der Waals surface area contributed by atoms with Gasteiger partial charge in [0.1, 0.15) is 11.6 Å². The molecule has 102 valence electrons. The van der Waals surface area contributed by atoms with Crippen LogP contribution in [0.1, 0.15) is 11.4 Å². The quantitative estimate of drug-likeness (QED) is 0.651. The highest BCUT2D eigenvalue weighted by atomic mass is 15.0. The average Bonchev–Trinajstić information content (AvgIpc) is 2.93. The van der Waals surface area contributed by atoms with Gasteiger partial charge in [0, 0.05) is 19.2 Å². The Morgan fingerprint density at radius 3 is 3.05 bits per heavy atom. The first-order valence-electron chi connectivity index (χ1n) is 6.53. The minimum absolute atomic E-state index is 0.556. The molecule has 4 N–H and O–H groups in total. The lowest BCUT2D eigenvalue weighted by Crippen LogP contribution is -2.08. The number of hydrogen-bond donors (Lipinski definition) is 3. The van der Waals surface area contributed by atoms with Crippen molar-refractivity contribution < 1.29 is 0 Å². The van der Waals surface area contributed by atoms with Gasteiger partial charge in [-0.1, -0.05) is 6.07 Å². The van der Waals surface area contributed by atoms with E-state index >= 15 is 0 Å². The van der Waals surface area contributed by atoms with Crippen LogP contribution in [0.3, 0.4) is 0 Å². The highest BCUT2D eigenvalue weighted by Crippen LogP contribution is 2.13. The third kappa shape index (κ3) is 2.75. The standard InChI is InChI=1S/C14H16N6/c15-5-3-13-16-6-4-14(20-13)17-8-10-1-2-11-12(7-10)19-9-18-11/h1-2,4,6-7,9H,3,5,8,15H2,(H,18,19)(H,16,17,20). The van der Waals surface area contributed by atoms with Gasteiger partial charge in [-0.25, -0.2) is 15.0 Å². The van der Waals surface area contributed by atoms with Crippen LogP contribution < -0.4 is 11.1 Å². The number of nitrogens with two attached hydrogens (primary N) is 1. The number of aromatic nitrogens is 4. The van der Waals surface area contributed by atoms with E-state index in [4.69, 9.17) is 5.73 Å². The van der Waals surface area contributed by atoms with Gasteiger partial charge in [-0.2, -0.15) is 0 Å². The number of anilines is 1. The van der Waals surface area contributed by atoms with Crippen molar-refractivity contribution in [1.29, 1.82) is 0 Å². The lowest BCUT2D eigenvalue weighted by atomic mass is 10.2. The number of nitrogens with one attached hydrogen (secondary N) is 2. The summed E-state index contributed by atoms with van der Waals surface area (Å²) < 4.78 is 0. The minimum Gasteiger partial charge on any atom is -0.366 e. The summed E-state index contributed by atoms with van der Waals surface area (Å²) in [6.07, 6.45) is 4.14. The highest BCUT2D eigenvalue weighted by molar-refractivity contribution is 5.75. The van der Waals surface area contributed by atoms with E-state index in [-0.39, 0.29) is 0 Å². The maximum atomic E-state index is 5.51. The van der Waals surface area contributed by atoms with Gasteiger partial charge in [0.25, 0.3) is 0 Å². The van der Waals surface area contributed by atoms with Crippen molar-refractivity contribution in [2.45, 2.75) is 13.0 Å². The molecule has 0 fully saturated rings. The normalized spacial score (nSPS) is 10.8. The van der Waals surface area contributed by atoms with Crippen molar-refractivity contribution >= 4 is 16.9 Å². The van der Waals surface area contributed by atoms with Crippen molar-refractivity contribution in [1.82, 2.24) is 19.9 Å². The SMILES string of the molecule is NCCc1nccc(NCc2ccc3nc[nH]c3c2)n1. The zero-order chi connectivity index (χ0) is 13.8. The Bertz CT molecular complexity index is 705. The Labute approximate surface area is 116 Å². The second kappa shape index (κ2) is 5.66. The molecule has 0 unspecified atom stereocenters. The first kappa shape index (κ1) is 12.6. The maximum Gasteiger partial charge on any atom is 0.131 e. The predicted molar refractivity (Wildman–Crippen MR) is 78.2 cm³/mol. The molecule has 6 heteroatoms. The lowest BCUT2D eigenvalue weighted by Gasteiger charge is -2.07. The number of hydrogen-bond acceptors (Lipinski definition) is 5. The van der Waals surface area contributed by atoms with Crippen LogP contribution in [-0.2, 0) is 13.0 Å². The summed E-state index contributed by atoms with van der Waals surface area (Å²) in [6, 6.07) is 7.99. The number of benzene rings is 1. The summed E-state index contributed by atoms with van der Waals surface area (Å²) in [5.41, 5.74) is 8.69. The molecule has 0 aliphatic rings. The molecule has 2 heterocycles. The molecule has 0 bridgehead atoms. The molecule has 20 heavy (non-hydrogen) atoms. The second-order valence-corrected chi connectivity index (χ2v) is 4.50. The van der Waals surface area contributed by atoms with Gasteiger partial charge in [-0.15, -0.1) is 0 Å². The van der Waals surface area contributed by atoms with Crippen molar-refractivity contribution in [3.05, 3.63) is 48.2 Å². The van der Waals surface area contributed by atoms with Crippen LogP contribution in [0, 0.1) is 0 Å². The molecule has 0 aliphatic heterocycles. The van der Waals surface area contributed by atoms with E-state index in [1.165, 1.54) is 5.56 Å². The summed E-state index contributed by atoms with van der Waals surface area (Å²) >= 11 is 0. The summed E-state index contributed by atoms with van der Waals surface area (Å²) in [5, 5.41) is 3.29. The van der Waals surface area contributed by atoms with Crippen LogP contribution in [0.15, 0.2) is 36.8 Å². The molecule has 0 saturated heterocycles. The third-order valence-corrected chi connectivity index (χ3v) is 3.03. The summed E-state index contributed by atoms with van der Waals surface area (Å²) in [5.74, 6) is 1.58. The molecule has 6 nitrogen and oxygen atoms in total. The molecular weight excluding hydrogens is 252 g/mol. The monoisotopic (exact) mass is 268 g/mol. The number of aromatic amines is 1. The first-order chi connectivity index (χ1) is 9.85. The molecule has 3 rings (SSSR count). The second-order valence-electron chi connectivity index (χ2n) is 4.50. The topological polar surface area (TPSA) is 92.5 Å². The fraction of sp³-hybridized carbons (Fsp3) is 0.214. The van der Waals surface area contributed by atoms with Gasteiger partial charge >= 0.3 is 0 Å². The molecule has 0 aliphatic carbocycles. The summed E-state index contributed by atoms with van der Waals surface area (Å²) in [7, 11) is 0. The van der Waals surface area contributed by atoms with Crippen molar-refractivity contribution in [3.8, 4) is 0 Å². The molecule has 0 amide bonds. The van der Waals surface area contributed by atoms with Gasteiger partial charge in [0.15, 0.2) is 0 Å². The maximum absolute atomic E-state index is 5.51. The highest BCUT2D eigenvalue weighted by Gasteiger charge is 2.01. The molecule has 0 radical (unpaired) electrons. The number of imidazole rings is 1. The minimum atomic E-state index is 0.556. The van der Waals surface area contributed by atoms with Crippen molar-refractivity contribution in [2.75, 3.05) is 11.9 Å². The Morgan fingerprint density at radius 1 is 1.20 bits per heavy atom. The Balaban J connectivity index is 1.70. The van der Waals surface area contributed by atoms with E-state index < -0.39 is 0 Å². The van der Waals surface area contributed by atoms with Crippen LogP contribution in [0.25, 0.3) is 11.0 Å². The van der Waals surface area contributed by atoms with Crippen LogP contribution in [0.4, 0.5) is 5.82 Å². The number of nitrogens with zero attached hydrogens (tertiary/aromatic N) is 3. The number of fused-ring (bicyclic) bond motifs is 1. The van der Waals surface area contributed by atoms with Crippen molar-refractivity contribution in [3.63, 3.8) is 0 Å². The van der Waals surface area contributed by atoms with Gasteiger partial charge < -0.3 is 16.0 Å². The van der Waals surface area contributed by atoms with E-state index in [1.54, 1.807) is 12.5 Å². The van der Waals surface area contributed by atoms with E-state index in [0.717, 1.165) is 22.7 Å². The zero-order valence-corrected chi connectivity index (χ0v) is 11.0. The molecule has 0 atom stereocenters. The molecule has 2 aromatic heterocycles. The van der Waals surface area contributed by atoms with Gasteiger partial charge in [-0.3, -0.25) is 0 Å². The predicted octanol–water partition coefficient (Wildman–Crippen LogP) is 1.47. The first-order valence-corrected chi connectivity index (χ1v) is 6.53. The molecule has 0 saturated carbocycles. The fourth-order valence-electron chi connectivity index (χ4n) is 2.03. The van der Waals surface area contributed by atoms with Gasteiger partial charge in [0.05, 0.1) is 17.4 Å². The third-order valence-electron chi connectivity index (χ3n) is 3.03. The molecule has 1 aromatic carbocycles. The van der Waals surface area contributed by atoms with E-state index in [1.807, 2.05) is 12.1 Å². The van der Waals surface area contributed by atoms with Crippen LogP contribution in [0.2, 0.25) is 0 Å². The molecular formula is C14H16N6. The van der Waals surface area contributed by atoms with Crippen LogP contribution in [-0.4, -0.2) is 26.5 Å². The Kier molecular flexibility index (Phi) is 3.56. The van der Waals surface area contributed by atoms with E-state index in [9.17, 15) is 0 Å². The zero-order valence-electron chi connectivity index (χ0n) is 11.0. The van der Waals surface area contributed by atoms with Gasteiger partial charge in [0.2, 0.25) is 0 Å². The van der Waals surface area contributed by atoms with Crippen molar-refractivity contribution in [2.24, 2.45) is 5.73 Å². The van der Waals surface area contributed by atoms with E-state index in [2.05, 4.69) is 37.4 Å². The largest absolute Gasteiger partial charge is 0.366 e. The number of rotatable bonds is 5. The molecule has 3 aromatic rings. The lowest BCUT2D eigenvalue weighted by molar-refractivity contribution is 0.865. The van der Waals surface area contributed by atoms with E-state index in [0.29, 0.717) is 19.5 Å². The smallest absolute Gasteiger partial charge is 0.131 e. The summed E-state index contributed by atoms with van der Waals surface area (Å²) in [6.45, 7) is 1.26. The van der Waals surface area contributed by atoms with Crippen LogP contribution >= 0.6 is 0 Å². The Hall–Kier alpha value is -2.47. The van der Waals surface area contributed by atoms with Gasteiger partial charge in [-0.05, 0) is 30.3 Å². The fourth-order valence-corrected chi connectivity index (χ4v) is 2.03. The number of H-pyrrole nitrogens is 1.